The van der Waals surface area contributed by atoms with Crippen molar-refractivity contribution in [2.24, 2.45) is 0 Å². The van der Waals surface area contributed by atoms with E-state index in [4.69, 9.17) is 4.74 Å². The Hall–Kier alpha value is -2.62. The van der Waals surface area contributed by atoms with E-state index in [0.717, 1.165) is 23.5 Å². The van der Waals surface area contributed by atoms with Gasteiger partial charge < -0.3 is 9.72 Å². The van der Waals surface area contributed by atoms with E-state index in [0.29, 0.717) is 11.8 Å². The number of nitrogens with zero attached hydrogens (tertiary/aromatic N) is 1. The van der Waals surface area contributed by atoms with Gasteiger partial charge in [-0.1, -0.05) is 24.3 Å². The van der Waals surface area contributed by atoms with E-state index in [9.17, 15) is 4.79 Å². The number of nitrogens with one attached hydrogen (secondary N) is 1. The summed E-state index contributed by atoms with van der Waals surface area (Å²) in [6.45, 7) is 0. The zero-order valence-corrected chi connectivity index (χ0v) is 11.8. The number of rotatable bonds is 4. The lowest BCUT2D eigenvalue weighted by Gasteiger charge is -2.04. The number of hydrogen-bond acceptors (Lipinski definition) is 3. The summed E-state index contributed by atoms with van der Waals surface area (Å²) < 4.78 is 5.14. The van der Waals surface area contributed by atoms with Crippen LogP contribution in [0.3, 0.4) is 0 Å². The molecule has 0 atom stereocenters. The number of hydrogen-bond donors (Lipinski definition) is 1. The molecule has 4 heteroatoms. The molecule has 21 heavy (non-hydrogen) atoms. The highest BCUT2D eigenvalue weighted by Crippen LogP contribution is 2.13. The molecule has 3 rings (SSSR count). The van der Waals surface area contributed by atoms with Gasteiger partial charge in [-0.2, -0.15) is 0 Å². The maximum Gasteiger partial charge on any atom is 0.258 e. The first-order valence-corrected chi connectivity index (χ1v) is 6.87. The van der Waals surface area contributed by atoms with Crippen molar-refractivity contribution in [2.45, 2.75) is 12.8 Å². The summed E-state index contributed by atoms with van der Waals surface area (Å²) in [7, 11) is 1.65. The molecule has 106 valence electrons. The average Bonchev–Trinajstić information content (AvgIpc) is 2.53. The van der Waals surface area contributed by atoms with Crippen molar-refractivity contribution in [2.75, 3.05) is 7.11 Å². The molecule has 2 aromatic carbocycles. The summed E-state index contributed by atoms with van der Waals surface area (Å²) in [6.07, 6.45) is 1.53. The SMILES string of the molecule is COc1ccc(CCc2nc3ccccc3c(=O)[nH]2)cc1. The van der Waals surface area contributed by atoms with Crippen LogP contribution < -0.4 is 10.3 Å². The standard InChI is InChI=1S/C17H16N2O2/c1-21-13-9-6-12(7-10-13)8-11-16-18-15-5-3-2-4-14(15)17(20)19-16/h2-7,9-10H,8,11H2,1H3,(H,18,19,20). The number of aromatic amines is 1. The van der Waals surface area contributed by atoms with E-state index in [1.54, 1.807) is 13.2 Å². The van der Waals surface area contributed by atoms with Crippen molar-refractivity contribution in [3.63, 3.8) is 0 Å². The maximum absolute atomic E-state index is 12.0. The number of ether oxygens (including phenoxy) is 1. The molecule has 1 N–H and O–H groups in total. The molecule has 0 amide bonds. The van der Waals surface area contributed by atoms with Crippen LogP contribution in [-0.4, -0.2) is 17.1 Å². The zero-order valence-electron chi connectivity index (χ0n) is 11.8. The molecule has 3 aromatic rings. The Morgan fingerprint density at radius 3 is 2.57 bits per heavy atom. The maximum atomic E-state index is 12.0. The van der Waals surface area contributed by atoms with Gasteiger partial charge in [0.05, 0.1) is 18.0 Å². The van der Waals surface area contributed by atoms with E-state index in [2.05, 4.69) is 9.97 Å². The fourth-order valence-corrected chi connectivity index (χ4v) is 2.31. The van der Waals surface area contributed by atoms with Crippen LogP contribution in [0.15, 0.2) is 53.3 Å². The largest absolute Gasteiger partial charge is 0.497 e. The lowest BCUT2D eigenvalue weighted by atomic mass is 10.1. The van der Waals surface area contributed by atoms with Crippen molar-refractivity contribution in [3.05, 3.63) is 70.3 Å². The van der Waals surface area contributed by atoms with Gasteiger partial charge in [-0.15, -0.1) is 0 Å². The number of fused-ring (bicyclic) bond motifs is 1. The van der Waals surface area contributed by atoms with E-state index in [-0.39, 0.29) is 5.56 Å². The number of benzene rings is 2. The summed E-state index contributed by atoms with van der Waals surface area (Å²) in [4.78, 5) is 19.3. The van der Waals surface area contributed by atoms with Gasteiger partial charge in [0.1, 0.15) is 11.6 Å². The van der Waals surface area contributed by atoms with Crippen LogP contribution in [0.1, 0.15) is 11.4 Å². The molecule has 0 saturated carbocycles. The summed E-state index contributed by atoms with van der Waals surface area (Å²) >= 11 is 0. The van der Waals surface area contributed by atoms with E-state index in [1.807, 2.05) is 42.5 Å². The number of aromatic nitrogens is 2. The third kappa shape index (κ3) is 2.94. The summed E-state index contributed by atoms with van der Waals surface area (Å²) in [5.74, 6) is 1.56. The Bertz CT molecular complexity index is 807. The van der Waals surface area contributed by atoms with Gasteiger partial charge in [-0.3, -0.25) is 4.79 Å². The minimum absolute atomic E-state index is 0.0784. The second kappa shape index (κ2) is 5.79. The van der Waals surface area contributed by atoms with Crippen LogP contribution in [-0.2, 0) is 12.8 Å². The quantitative estimate of drug-likeness (QED) is 0.799. The Morgan fingerprint density at radius 1 is 1.05 bits per heavy atom. The normalized spacial score (nSPS) is 10.7. The van der Waals surface area contributed by atoms with Gasteiger partial charge in [0, 0.05) is 6.42 Å². The fraction of sp³-hybridized carbons (Fsp3) is 0.176. The molecule has 0 bridgehead atoms. The Labute approximate surface area is 122 Å². The predicted molar refractivity (Wildman–Crippen MR) is 82.8 cm³/mol. The lowest BCUT2D eigenvalue weighted by molar-refractivity contribution is 0.414. The second-order valence-electron chi connectivity index (χ2n) is 4.88. The Balaban J connectivity index is 1.80. The zero-order chi connectivity index (χ0) is 14.7. The summed E-state index contributed by atoms with van der Waals surface area (Å²) in [6, 6.07) is 15.3. The summed E-state index contributed by atoms with van der Waals surface area (Å²) in [5.41, 5.74) is 1.85. The molecule has 4 nitrogen and oxygen atoms in total. The first-order chi connectivity index (χ1) is 10.3. The Morgan fingerprint density at radius 2 is 1.81 bits per heavy atom. The van der Waals surface area contributed by atoms with Gasteiger partial charge in [0.2, 0.25) is 0 Å². The fourth-order valence-electron chi connectivity index (χ4n) is 2.31. The highest BCUT2D eigenvalue weighted by molar-refractivity contribution is 5.77. The van der Waals surface area contributed by atoms with Gasteiger partial charge in [0.25, 0.3) is 5.56 Å². The highest BCUT2D eigenvalue weighted by atomic mass is 16.5. The van der Waals surface area contributed by atoms with Gasteiger partial charge in [0.15, 0.2) is 0 Å². The molecular formula is C17H16N2O2. The van der Waals surface area contributed by atoms with Crippen LogP contribution in [0.2, 0.25) is 0 Å². The van der Waals surface area contributed by atoms with Gasteiger partial charge in [-0.25, -0.2) is 4.98 Å². The van der Waals surface area contributed by atoms with Crippen LogP contribution in [0.4, 0.5) is 0 Å². The second-order valence-corrected chi connectivity index (χ2v) is 4.88. The molecule has 0 fully saturated rings. The molecular weight excluding hydrogens is 264 g/mol. The number of para-hydroxylation sites is 1. The number of aryl methyl sites for hydroxylation is 2. The average molecular weight is 280 g/mol. The number of H-pyrrole nitrogens is 1. The smallest absolute Gasteiger partial charge is 0.258 e. The molecule has 1 aromatic heterocycles. The van der Waals surface area contributed by atoms with Crippen molar-refractivity contribution in [1.29, 1.82) is 0 Å². The van der Waals surface area contributed by atoms with Crippen LogP contribution in [0.5, 0.6) is 5.75 Å². The minimum atomic E-state index is -0.0784. The van der Waals surface area contributed by atoms with E-state index < -0.39 is 0 Å². The van der Waals surface area contributed by atoms with Crippen molar-refractivity contribution in [3.8, 4) is 5.75 Å². The Kier molecular flexibility index (Phi) is 3.69. The van der Waals surface area contributed by atoms with E-state index >= 15 is 0 Å². The summed E-state index contributed by atoms with van der Waals surface area (Å²) in [5, 5.41) is 0.630. The van der Waals surface area contributed by atoms with Crippen molar-refractivity contribution < 1.29 is 4.74 Å². The van der Waals surface area contributed by atoms with Crippen LogP contribution in [0.25, 0.3) is 10.9 Å². The molecule has 0 aliphatic carbocycles. The van der Waals surface area contributed by atoms with Crippen molar-refractivity contribution in [1.82, 2.24) is 9.97 Å². The van der Waals surface area contributed by atoms with Gasteiger partial charge >= 0.3 is 0 Å². The van der Waals surface area contributed by atoms with Crippen LogP contribution in [0, 0.1) is 0 Å². The topological polar surface area (TPSA) is 55.0 Å². The molecule has 0 aliphatic rings. The molecule has 0 spiro atoms. The van der Waals surface area contributed by atoms with E-state index in [1.165, 1.54) is 5.56 Å². The number of methoxy groups -OCH3 is 1. The highest BCUT2D eigenvalue weighted by Gasteiger charge is 2.03. The molecule has 0 unspecified atom stereocenters. The molecule has 1 heterocycles. The first kappa shape index (κ1) is 13.4. The minimum Gasteiger partial charge on any atom is -0.497 e. The molecule has 0 aliphatic heterocycles. The first-order valence-electron chi connectivity index (χ1n) is 6.87. The third-order valence-corrected chi connectivity index (χ3v) is 3.47. The third-order valence-electron chi connectivity index (χ3n) is 3.47. The van der Waals surface area contributed by atoms with Crippen LogP contribution >= 0.6 is 0 Å². The predicted octanol–water partition coefficient (Wildman–Crippen LogP) is 2.72. The van der Waals surface area contributed by atoms with Gasteiger partial charge in [-0.05, 0) is 36.2 Å². The monoisotopic (exact) mass is 280 g/mol. The van der Waals surface area contributed by atoms with Crippen molar-refractivity contribution >= 4 is 10.9 Å². The molecule has 0 saturated heterocycles. The molecule has 0 radical (unpaired) electrons. The lowest BCUT2D eigenvalue weighted by Crippen LogP contribution is -2.12.